The minimum absolute atomic E-state index is 0.00928. The van der Waals surface area contributed by atoms with Crippen LogP contribution in [0.3, 0.4) is 0 Å². The zero-order valence-electron chi connectivity index (χ0n) is 17.9. The molecule has 1 aliphatic carbocycles. The van der Waals surface area contributed by atoms with E-state index in [1.807, 2.05) is 18.2 Å². The molecule has 0 atom stereocenters. The Hall–Kier alpha value is -3.40. The smallest absolute Gasteiger partial charge is 0.231 e. The second-order valence-electron chi connectivity index (χ2n) is 8.27. The van der Waals surface area contributed by atoms with Crippen molar-refractivity contribution in [2.45, 2.75) is 34.9 Å². The molecule has 1 aliphatic heterocycles. The van der Waals surface area contributed by atoms with E-state index in [1.165, 1.54) is 23.7 Å². The highest BCUT2D eigenvalue weighted by Gasteiger charge is 2.45. The lowest BCUT2D eigenvalue weighted by Gasteiger charge is -2.19. The zero-order valence-corrected chi connectivity index (χ0v) is 18.8. The Morgan fingerprint density at radius 1 is 1.15 bits per heavy atom. The van der Waals surface area contributed by atoms with Crippen LogP contribution < -0.4 is 25.4 Å². The van der Waals surface area contributed by atoms with Gasteiger partial charge in [-0.05, 0) is 42.7 Å². The molecule has 4 aromatic rings. The van der Waals surface area contributed by atoms with Crippen molar-refractivity contribution in [3.63, 3.8) is 0 Å². The Kier molecular flexibility index (Phi) is 4.65. The lowest BCUT2D eigenvalue weighted by atomic mass is 9.96. The summed E-state index contributed by atoms with van der Waals surface area (Å²) in [4.78, 5) is 14.3. The summed E-state index contributed by atoms with van der Waals surface area (Å²) >= 11 is 1.46. The zero-order chi connectivity index (χ0) is 22.6. The monoisotopic (exact) mass is 457 g/mol. The Labute approximate surface area is 195 Å². The molecule has 2 aromatic heterocycles. The number of methoxy groups -OCH3 is 1. The van der Waals surface area contributed by atoms with Crippen LogP contribution in [0.5, 0.6) is 17.2 Å². The SMILES string of the molecule is [B]c1cc2c(cc1Sc1nc3c(N)ncnc3n1CC1(c3ccc(OC)cc3)CC1)OCO2. The third kappa shape index (κ3) is 3.45. The van der Waals surface area contributed by atoms with Crippen molar-refractivity contribution >= 4 is 42.1 Å². The Morgan fingerprint density at radius 2 is 1.91 bits per heavy atom. The summed E-state index contributed by atoms with van der Waals surface area (Å²) in [7, 11) is 7.99. The quantitative estimate of drug-likeness (QED) is 0.442. The van der Waals surface area contributed by atoms with E-state index in [-0.39, 0.29) is 12.2 Å². The Morgan fingerprint density at radius 3 is 2.64 bits per heavy atom. The van der Waals surface area contributed by atoms with Gasteiger partial charge >= 0.3 is 0 Å². The predicted octanol–water partition coefficient (Wildman–Crippen LogP) is 2.82. The Bertz CT molecular complexity index is 1370. The van der Waals surface area contributed by atoms with Crippen molar-refractivity contribution in [3.8, 4) is 17.2 Å². The normalized spacial score (nSPS) is 15.7. The first kappa shape index (κ1) is 20.2. The van der Waals surface area contributed by atoms with Gasteiger partial charge in [0.2, 0.25) is 6.79 Å². The van der Waals surface area contributed by atoms with E-state index in [1.54, 1.807) is 13.2 Å². The number of anilines is 1. The molecular formula is C23H20BN5O3S. The maximum atomic E-state index is 6.32. The van der Waals surface area contributed by atoms with Gasteiger partial charge in [-0.25, -0.2) is 15.0 Å². The number of fused-ring (bicyclic) bond motifs is 2. The van der Waals surface area contributed by atoms with Crippen molar-refractivity contribution in [1.29, 1.82) is 0 Å². The molecule has 0 bridgehead atoms. The van der Waals surface area contributed by atoms with Gasteiger partial charge in [0.15, 0.2) is 33.6 Å². The molecule has 3 heterocycles. The van der Waals surface area contributed by atoms with E-state index in [4.69, 9.17) is 32.8 Å². The second kappa shape index (κ2) is 7.59. The molecule has 10 heteroatoms. The average molecular weight is 457 g/mol. The minimum atomic E-state index is 0.00928. The van der Waals surface area contributed by atoms with Gasteiger partial charge in [0.1, 0.15) is 19.9 Å². The molecule has 6 rings (SSSR count). The van der Waals surface area contributed by atoms with E-state index >= 15 is 0 Å². The van der Waals surface area contributed by atoms with E-state index in [9.17, 15) is 0 Å². The average Bonchev–Trinajstić information content (AvgIpc) is 3.34. The highest BCUT2D eigenvalue weighted by molar-refractivity contribution is 7.99. The molecule has 0 unspecified atom stereocenters. The summed E-state index contributed by atoms with van der Waals surface area (Å²) in [6.45, 7) is 0.914. The number of rotatable bonds is 6. The first-order valence-corrected chi connectivity index (χ1v) is 11.4. The molecule has 2 aromatic carbocycles. The summed E-state index contributed by atoms with van der Waals surface area (Å²) in [6.07, 6.45) is 3.64. The third-order valence-electron chi connectivity index (χ3n) is 6.25. The molecule has 2 aliphatic rings. The topological polar surface area (TPSA) is 97.3 Å². The van der Waals surface area contributed by atoms with Gasteiger partial charge < -0.3 is 24.5 Å². The molecule has 1 saturated carbocycles. The van der Waals surface area contributed by atoms with E-state index in [0.717, 1.165) is 35.2 Å². The first-order chi connectivity index (χ1) is 16.1. The van der Waals surface area contributed by atoms with Crippen LogP contribution in [-0.4, -0.2) is 41.3 Å². The van der Waals surface area contributed by atoms with Gasteiger partial charge in [0, 0.05) is 16.9 Å². The van der Waals surface area contributed by atoms with Crippen LogP contribution in [-0.2, 0) is 12.0 Å². The van der Waals surface area contributed by atoms with Crippen LogP contribution in [0.4, 0.5) is 5.82 Å². The fourth-order valence-electron chi connectivity index (χ4n) is 4.22. The van der Waals surface area contributed by atoms with Crippen molar-refractivity contribution < 1.29 is 14.2 Å². The molecule has 33 heavy (non-hydrogen) atoms. The third-order valence-corrected chi connectivity index (χ3v) is 7.32. The number of nitrogen functional groups attached to an aromatic ring is 1. The Balaban J connectivity index is 1.41. The van der Waals surface area contributed by atoms with Crippen molar-refractivity contribution in [3.05, 3.63) is 48.3 Å². The second-order valence-corrected chi connectivity index (χ2v) is 9.27. The molecular weight excluding hydrogens is 437 g/mol. The van der Waals surface area contributed by atoms with Gasteiger partial charge in [0.25, 0.3) is 0 Å². The molecule has 0 spiro atoms. The maximum Gasteiger partial charge on any atom is 0.231 e. The molecule has 164 valence electrons. The highest BCUT2D eigenvalue weighted by atomic mass is 32.2. The number of nitrogens with two attached hydrogens (primary N) is 1. The van der Waals surface area contributed by atoms with Crippen molar-refractivity contribution in [2.24, 2.45) is 0 Å². The lowest BCUT2D eigenvalue weighted by molar-refractivity contribution is 0.174. The summed E-state index contributed by atoms with van der Waals surface area (Å²) in [5, 5.41) is 0.752. The summed E-state index contributed by atoms with van der Waals surface area (Å²) in [5.41, 5.74) is 9.32. The van der Waals surface area contributed by atoms with Crippen LogP contribution >= 0.6 is 11.8 Å². The lowest BCUT2D eigenvalue weighted by Crippen LogP contribution is -2.17. The first-order valence-electron chi connectivity index (χ1n) is 10.5. The highest BCUT2D eigenvalue weighted by Crippen LogP contribution is 2.51. The minimum Gasteiger partial charge on any atom is -0.497 e. The summed E-state index contributed by atoms with van der Waals surface area (Å²) in [5.74, 6) is 2.52. The van der Waals surface area contributed by atoms with Crippen LogP contribution in [0.15, 0.2) is 52.8 Å². The molecule has 2 N–H and O–H groups in total. The van der Waals surface area contributed by atoms with Crippen LogP contribution in [0.2, 0.25) is 0 Å². The standard InChI is InChI=1S/C23H20BN5O3S/c1-30-14-4-2-13(3-5-14)23(6-7-23)10-29-21-19(20(25)26-11-27-21)28-22(29)33-18-9-17-16(8-15(18)24)31-12-32-17/h2-5,8-9,11H,6-7,10,12H2,1H3,(H2,25,26,27). The fourth-order valence-corrected chi connectivity index (χ4v) is 5.15. The van der Waals surface area contributed by atoms with Gasteiger partial charge in [-0.2, -0.15) is 0 Å². The van der Waals surface area contributed by atoms with Crippen LogP contribution in [0.1, 0.15) is 18.4 Å². The number of hydrogen-bond donors (Lipinski definition) is 1. The van der Waals surface area contributed by atoms with Crippen LogP contribution in [0.25, 0.3) is 11.2 Å². The molecule has 2 radical (unpaired) electrons. The largest absolute Gasteiger partial charge is 0.497 e. The van der Waals surface area contributed by atoms with Gasteiger partial charge in [0.05, 0.1) is 7.11 Å². The number of ether oxygens (including phenoxy) is 3. The number of nitrogens with zero attached hydrogens (tertiary/aromatic N) is 4. The van der Waals surface area contributed by atoms with Gasteiger partial charge in [-0.15, -0.1) is 0 Å². The van der Waals surface area contributed by atoms with Gasteiger partial charge in [-0.3, -0.25) is 0 Å². The van der Waals surface area contributed by atoms with Crippen molar-refractivity contribution in [1.82, 2.24) is 19.5 Å². The number of imidazole rings is 1. The van der Waals surface area contributed by atoms with E-state index in [2.05, 4.69) is 26.7 Å². The molecule has 0 saturated heterocycles. The van der Waals surface area contributed by atoms with Crippen LogP contribution in [0, 0.1) is 0 Å². The van der Waals surface area contributed by atoms with Crippen molar-refractivity contribution in [2.75, 3.05) is 19.6 Å². The van der Waals surface area contributed by atoms with E-state index in [0.29, 0.717) is 33.9 Å². The van der Waals surface area contributed by atoms with Gasteiger partial charge in [-0.1, -0.05) is 29.4 Å². The predicted molar refractivity (Wildman–Crippen MR) is 126 cm³/mol. The summed E-state index contributed by atoms with van der Waals surface area (Å²) < 4.78 is 18.4. The summed E-state index contributed by atoms with van der Waals surface area (Å²) in [6, 6.07) is 12.0. The fraction of sp³-hybridized carbons (Fsp3) is 0.261. The molecule has 1 fully saturated rings. The number of benzene rings is 2. The maximum absolute atomic E-state index is 6.32. The number of aromatic nitrogens is 4. The number of hydrogen-bond acceptors (Lipinski definition) is 8. The van der Waals surface area contributed by atoms with E-state index < -0.39 is 0 Å². The molecule has 8 nitrogen and oxygen atoms in total. The molecule has 0 amide bonds.